The lowest BCUT2D eigenvalue weighted by Crippen LogP contribution is -2.42. The van der Waals surface area contributed by atoms with Gasteiger partial charge in [0.05, 0.1) is 23.9 Å². The Labute approximate surface area is 154 Å². The molecule has 2 aromatic rings. The molecule has 140 valence electrons. The van der Waals surface area contributed by atoms with Crippen LogP contribution in [0.25, 0.3) is 11.1 Å². The second kappa shape index (κ2) is 8.36. The molecule has 1 saturated carbocycles. The summed E-state index contributed by atoms with van der Waals surface area (Å²) in [4.78, 5) is 12.4. The van der Waals surface area contributed by atoms with Crippen molar-refractivity contribution < 1.29 is 9.53 Å². The van der Waals surface area contributed by atoms with Gasteiger partial charge in [0.15, 0.2) is 0 Å². The van der Waals surface area contributed by atoms with Gasteiger partial charge in [0, 0.05) is 5.69 Å². The molecule has 26 heavy (non-hydrogen) atoms. The van der Waals surface area contributed by atoms with Crippen molar-refractivity contribution in [3.8, 4) is 17.0 Å². The smallest absolute Gasteiger partial charge is 0.241 e. The zero-order chi connectivity index (χ0) is 18.5. The fourth-order valence-electron chi connectivity index (χ4n) is 3.65. The lowest BCUT2D eigenvalue weighted by molar-refractivity contribution is -0.118. The van der Waals surface area contributed by atoms with Crippen molar-refractivity contribution in [2.24, 2.45) is 11.7 Å². The topological polar surface area (TPSA) is 93.0 Å². The number of carbonyl (C=O) groups excluding carboxylic acids is 1. The van der Waals surface area contributed by atoms with Crippen LogP contribution in [0.2, 0.25) is 0 Å². The van der Waals surface area contributed by atoms with Gasteiger partial charge in [-0.05, 0) is 50.3 Å². The Bertz CT molecular complexity index is 733. The summed E-state index contributed by atoms with van der Waals surface area (Å²) in [6.45, 7) is 4.45. The third-order valence-electron chi connectivity index (χ3n) is 5.10. The van der Waals surface area contributed by atoms with E-state index in [1.165, 1.54) is 19.3 Å². The quantitative estimate of drug-likeness (QED) is 0.737. The van der Waals surface area contributed by atoms with Crippen LogP contribution < -0.4 is 15.8 Å². The van der Waals surface area contributed by atoms with Crippen molar-refractivity contribution >= 4 is 11.6 Å². The fourth-order valence-corrected chi connectivity index (χ4v) is 3.65. The maximum absolute atomic E-state index is 12.4. The Balaban J connectivity index is 1.68. The van der Waals surface area contributed by atoms with Gasteiger partial charge in [0.2, 0.25) is 11.8 Å². The Kier molecular flexibility index (Phi) is 5.93. The highest BCUT2D eigenvalue weighted by Crippen LogP contribution is 2.32. The predicted molar refractivity (Wildman–Crippen MR) is 103 cm³/mol. The Morgan fingerprint density at radius 2 is 2.00 bits per heavy atom. The summed E-state index contributed by atoms with van der Waals surface area (Å²) < 4.78 is 5.60. The molecule has 0 radical (unpaired) electrons. The monoisotopic (exact) mass is 356 g/mol. The minimum atomic E-state index is -0.435. The lowest BCUT2D eigenvalue weighted by Gasteiger charge is -2.26. The van der Waals surface area contributed by atoms with Crippen molar-refractivity contribution in [1.82, 2.24) is 10.2 Å². The minimum absolute atomic E-state index is 0.0980. The Hall–Kier alpha value is -2.34. The predicted octanol–water partition coefficient (Wildman–Crippen LogP) is 3.63. The lowest BCUT2D eigenvalue weighted by atomic mass is 9.84. The van der Waals surface area contributed by atoms with Crippen LogP contribution in [-0.4, -0.2) is 28.8 Å². The van der Waals surface area contributed by atoms with Gasteiger partial charge < -0.3 is 15.8 Å². The van der Waals surface area contributed by atoms with Crippen LogP contribution in [0.4, 0.5) is 5.69 Å². The van der Waals surface area contributed by atoms with Gasteiger partial charge in [-0.15, -0.1) is 0 Å². The number of anilines is 1. The molecule has 1 fully saturated rings. The number of aromatic nitrogens is 2. The third-order valence-corrected chi connectivity index (χ3v) is 5.10. The number of aryl methyl sites for hydroxylation is 1. The van der Waals surface area contributed by atoms with Crippen LogP contribution in [-0.2, 0) is 4.79 Å². The number of nitrogens with zero attached hydrogens (tertiary/aromatic N) is 1. The Morgan fingerprint density at radius 3 is 2.65 bits per heavy atom. The maximum atomic E-state index is 12.4. The number of H-pyrrole nitrogens is 1. The molecule has 1 aliphatic carbocycles. The molecule has 0 bridgehead atoms. The van der Waals surface area contributed by atoms with Crippen molar-refractivity contribution in [1.29, 1.82) is 0 Å². The molecule has 6 nitrogen and oxygen atoms in total. The molecule has 6 heteroatoms. The summed E-state index contributed by atoms with van der Waals surface area (Å²) >= 11 is 0. The molecule has 0 spiro atoms. The minimum Gasteiger partial charge on any atom is -0.478 e. The summed E-state index contributed by atoms with van der Waals surface area (Å²) in [6.07, 6.45) is 5.70. The zero-order valence-corrected chi connectivity index (χ0v) is 15.5. The van der Waals surface area contributed by atoms with Crippen LogP contribution in [0.5, 0.6) is 5.88 Å². The van der Waals surface area contributed by atoms with Crippen molar-refractivity contribution in [3.63, 3.8) is 0 Å². The number of benzene rings is 1. The molecule has 1 atom stereocenters. The number of ether oxygens (including phenoxy) is 1. The summed E-state index contributed by atoms with van der Waals surface area (Å²) in [6, 6.07) is 7.27. The molecule has 1 aromatic heterocycles. The van der Waals surface area contributed by atoms with Gasteiger partial charge in [-0.1, -0.05) is 31.4 Å². The van der Waals surface area contributed by atoms with Gasteiger partial charge in [-0.25, -0.2) is 5.10 Å². The van der Waals surface area contributed by atoms with Crippen LogP contribution in [0, 0.1) is 12.8 Å². The van der Waals surface area contributed by atoms with Crippen LogP contribution in [0.1, 0.15) is 44.7 Å². The second-order valence-corrected chi connectivity index (χ2v) is 6.94. The van der Waals surface area contributed by atoms with Gasteiger partial charge in [-0.2, -0.15) is 5.10 Å². The Morgan fingerprint density at radius 1 is 1.31 bits per heavy atom. The molecule has 4 N–H and O–H groups in total. The molecule has 1 aliphatic rings. The first-order valence-corrected chi connectivity index (χ1v) is 9.44. The summed E-state index contributed by atoms with van der Waals surface area (Å²) in [5.74, 6) is 0.866. The zero-order valence-electron chi connectivity index (χ0n) is 15.5. The highest BCUT2D eigenvalue weighted by atomic mass is 16.5. The highest BCUT2D eigenvalue weighted by molar-refractivity contribution is 5.95. The number of nitrogens with two attached hydrogens (primary N) is 1. The van der Waals surface area contributed by atoms with Crippen LogP contribution >= 0.6 is 0 Å². The molecular weight excluding hydrogens is 328 g/mol. The van der Waals surface area contributed by atoms with Crippen LogP contribution in [0.15, 0.2) is 24.3 Å². The first-order chi connectivity index (χ1) is 12.6. The van der Waals surface area contributed by atoms with E-state index < -0.39 is 6.04 Å². The van der Waals surface area contributed by atoms with E-state index in [0.717, 1.165) is 35.3 Å². The first-order valence-electron chi connectivity index (χ1n) is 9.44. The number of aromatic amines is 1. The van der Waals surface area contributed by atoms with E-state index in [4.69, 9.17) is 10.5 Å². The first kappa shape index (κ1) is 18.5. The van der Waals surface area contributed by atoms with E-state index >= 15 is 0 Å². The third kappa shape index (κ3) is 4.07. The fraction of sp³-hybridized carbons (Fsp3) is 0.500. The molecule has 1 heterocycles. The second-order valence-electron chi connectivity index (χ2n) is 6.94. The van der Waals surface area contributed by atoms with Gasteiger partial charge >= 0.3 is 0 Å². The number of hydrogen-bond acceptors (Lipinski definition) is 4. The SMILES string of the molecule is CCOc1[nH]nc(C)c1-c1ccc(NC(=O)[C@@H](N)C2CCCCC2)cc1. The number of amides is 1. The molecule has 1 amide bonds. The van der Waals surface area contributed by atoms with Crippen molar-refractivity contribution in [2.45, 2.75) is 52.0 Å². The molecular formula is C20H28N4O2. The summed E-state index contributed by atoms with van der Waals surface area (Å²) in [5, 5.41) is 10.1. The van der Waals surface area contributed by atoms with Gasteiger partial charge in [0.25, 0.3) is 0 Å². The van der Waals surface area contributed by atoms with Crippen LogP contribution in [0.3, 0.4) is 0 Å². The van der Waals surface area contributed by atoms with E-state index in [9.17, 15) is 4.79 Å². The molecule has 0 aliphatic heterocycles. The normalized spacial score (nSPS) is 16.3. The molecule has 3 rings (SSSR count). The number of carbonyl (C=O) groups is 1. The van der Waals surface area contributed by atoms with E-state index in [1.54, 1.807) is 0 Å². The van der Waals surface area contributed by atoms with Gasteiger partial charge in [-0.3, -0.25) is 4.79 Å². The largest absolute Gasteiger partial charge is 0.478 e. The van der Waals surface area contributed by atoms with E-state index in [-0.39, 0.29) is 5.91 Å². The standard InChI is InChI=1S/C20H28N4O2/c1-3-26-20-17(13(2)23-24-20)14-9-11-16(12-10-14)22-19(25)18(21)15-7-5-4-6-8-15/h9-12,15,18H,3-8,21H2,1-2H3,(H,22,25)(H,23,24)/t18-/m0/s1. The number of nitrogens with one attached hydrogen (secondary N) is 2. The number of rotatable bonds is 6. The van der Waals surface area contributed by atoms with E-state index in [1.807, 2.05) is 38.1 Å². The average molecular weight is 356 g/mol. The summed E-state index contributed by atoms with van der Waals surface area (Å²) in [7, 11) is 0. The summed E-state index contributed by atoms with van der Waals surface area (Å²) in [5.41, 5.74) is 9.75. The molecule has 0 unspecified atom stereocenters. The molecule has 1 aromatic carbocycles. The van der Waals surface area contributed by atoms with E-state index in [0.29, 0.717) is 18.4 Å². The highest BCUT2D eigenvalue weighted by Gasteiger charge is 2.26. The molecule has 0 saturated heterocycles. The van der Waals surface area contributed by atoms with Crippen molar-refractivity contribution in [2.75, 3.05) is 11.9 Å². The van der Waals surface area contributed by atoms with E-state index in [2.05, 4.69) is 15.5 Å². The maximum Gasteiger partial charge on any atom is 0.241 e. The van der Waals surface area contributed by atoms with Crippen molar-refractivity contribution in [3.05, 3.63) is 30.0 Å². The van der Waals surface area contributed by atoms with Gasteiger partial charge in [0.1, 0.15) is 0 Å². The number of hydrogen-bond donors (Lipinski definition) is 3. The average Bonchev–Trinajstić information content (AvgIpc) is 3.03.